The van der Waals surface area contributed by atoms with E-state index in [9.17, 15) is 26.3 Å². The molecule has 0 bridgehead atoms. The Balaban J connectivity index is 1.80. The average Bonchev–Trinajstić information content (AvgIpc) is 2.83. The summed E-state index contributed by atoms with van der Waals surface area (Å²) in [5.41, 5.74) is -0.348. The molecule has 3 aromatic carbocycles. The Hall–Kier alpha value is -4.22. The molecule has 0 spiro atoms. The molecule has 12 heteroatoms. The molecular formula is C25H20F6N4O2. The van der Waals surface area contributed by atoms with Gasteiger partial charge >= 0.3 is 12.4 Å². The number of rotatable bonds is 6. The Morgan fingerprint density at radius 2 is 1.38 bits per heavy atom. The van der Waals surface area contributed by atoms with E-state index in [-0.39, 0.29) is 17.2 Å². The summed E-state index contributed by atoms with van der Waals surface area (Å²) in [6.45, 7) is 0. The Morgan fingerprint density at radius 1 is 0.757 bits per heavy atom. The molecule has 0 saturated heterocycles. The summed E-state index contributed by atoms with van der Waals surface area (Å²) >= 11 is 0. The van der Waals surface area contributed by atoms with Crippen LogP contribution in [0.25, 0.3) is 10.9 Å². The number of anilines is 3. The predicted molar refractivity (Wildman–Crippen MR) is 126 cm³/mol. The number of benzene rings is 3. The number of alkyl halides is 6. The fourth-order valence-corrected chi connectivity index (χ4v) is 4.18. The van der Waals surface area contributed by atoms with Gasteiger partial charge in [0.2, 0.25) is 5.41 Å². The van der Waals surface area contributed by atoms with E-state index in [4.69, 9.17) is 15.2 Å². The minimum Gasteiger partial charge on any atom is -0.493 e. The first-order chi connectivity index (χ1) is 17.4. The Labute approximate surface area is 207 Å². The van der Waals surface area contributed by atoms with Crippen LogP contribution in [0.15, 0.2) is 67.0 Å². The van der Waals surface area contributed by atoms with Gasteiger partial charge in [-0.15, -0.1) is 0 Å². The molecule has 0 aliphatic carbocycles. The zero-order valence-electron chi connectivity index (χ0n) is 19.4. The van der Waals surface area contributed by atoms with Gasteiger partial charge in [0.25, 0.3) is 0 Å². The first-order valence-electron chi connectivity index (χ1n) is 10.7. The largest absolute Gasteiger partial charge is 0.493 e. The van der Waals surface area contributed by atoms with Crippen LogP contribution in [0.4, 0.5) is 43.5 Å². The van der Waals surface area contributed by atoms with Crippen molar-refractivity contribution >= 4 is 28.1 Å². The number of halogens is 6. The smallest absolute Gasteiger partial charge is 0.411 e. The monoisotopic (exact) mass is 522 g/mol. The van der Waals surface area contributed by atoms with Crippen molar-refractivity contribution in [3.8, 4) is 11.5 Å². The van der Waals surface area contributed by atoms with Gasteiger partial charge in [-0.1, -0.05) is 24.3 Å². The van der Waals surface area contributed by atoms with Gasteiger partial charge in [0.05, 0.1) is 19.7 Å². The molecule has 3 N–H and O–H groups in total. The minimum atomic E-state index is -5.72. The summed E-state index contributed by atoms with van der Waals surface area (Å²) in [4.78, 5) is 8.31. The zero-order valence-corrected chi connectivity index (χ0v) is 19.4. The van der Waals surface area contributed by atoms with Crippen LogP contribution < -0.4 is 20.5 Å². The molecule has 0 radical (unpaired) electrons. The molecule has 37 heavy (non-hydrogen) atoms. The second-order valence-electron chi connectivity index (χ2n) is 8.02. The molecule has 0 unspecified atom stereocenters. The van der Waals surface area contributed by atoms with Crippen LogP contribution in [0.1, 0.15) is 11.1 Å². The lowest BCUT2D eigenvalue weighted by Gasteiger charge is -2.38. The normalized spacial score (nSPS) is 12.4. The van der Waals surface area contributed by atoms with Gasteiger partial charge in [0, 0.05) is 22.8 Å². The number of nitrogens with zero attached hydrogens (tertiary/aromatic N) is 2. The van der Waals surface area contributed by atoms with Crippen LogP contribution in [0.5, 0.6) is 11.5 Å². The van der Waals surface area contributed by atoms with Crippen molar-refractivity contribution in [2.75, 3.05) is 25.3 Å². The Morgan fingerprint density at radius 3 is 1.95 bits per heavy atom. The summed E-state index contributed by atoms with van der Waals surface area (Å²) in [5, 5.41) is 3.40. The lowest BCUT2D eigenvalue weighted by molar-refractivity contribution is -0.288. The Bertz CT molecular complexity index is 1410. The van der Waals surface area contributed by atoms with Crippen molar-refractivity contribution < 1.29 is 35.8 Å². The summed E-state index contributed by atoms with van der Waals surface area (Å²) in [5.74, 6) is 1.05. The first-order valence-corrected chi connectivity index (χ1v) is 10.7. The van der Waals surface area contributed by atoms with Gasteiger partial charge in [-0.3, -0.25) is 0 Å². The summed E-state index contributed by atoms with van der Waals surface area (Å²) in [6, 6.07) is 10.7. The van der Waals surface area contributed by atoms with E-state index in [0.717, 1.165) is 36.4 Å². The summed E-state index contributed by atoms with van der Waals surface area (Å²) < 4.78 is 96.4. The van der Waals surface area contributed by atoms with Crippen molar-refractivity contribution in [3.05, 3.63) is 78.1 Å². The molecule has 4 rings (SSSR count). The standard InChI is InChI=1S/C25H20F6N4O2/c1-36-20-11-18-19(12-21(20)37-2)33-13-34-22(18)35-17-8-6-14(7-9-17)23(24(26,27)28,25(29,30)31)15-4-3-5-16(32)10-15/h3-13H,32H2,1-2H3,(H,33,34,35). The van der Waals surface area contributed by atoms with Crippen LogP contribution in [-0.4, -0.2) is 36.5 Å². The second-order valence-corrected chi connectivity index (χ2v) is 8.02. The lowest BCUT2D eigenvalue weighted by Crippen LogP contribution is -2.54. The number of methoxy groups -OCH3 is 2. The van der Waals surface area contributed by atoms with Crippen LogP contribution in [-0.2, 0) is 5.41 Å². The third-order valence-electron chi connectivity index (χ3n) is 5.89. The molecule has 0 saturated carbocycles. The number of ether oxygens (including phenoxy) is 2. The van der Waals surface area contributed by atoms with Gasteiger partial charge in [0.15, 0.2) is 11.5 Å². The highest BCUT2D eigenvalue weighted by Crippen LogP contribution is 2.56. The number of hydrogen-bond donors (Lipinski definition) is 2. The molecule has 194 valence electrons. The molecule has 0 aliphatic heterocycles. The van der Waals surface area contributed by atoms with E-state index in [0.29, 0.717) is 28.5 Å². The maximum absolute atomic E-state index is 14.3. The number of aromatic nitrogens is 2. The molecule has 6 nitrogen and oxygen atoms in total. The third-order valence-corrected chi connectivity index (χ3v) is 5.89. The fourth-order valence-electron chi connectivity index (χ4n) is 4.18. The van der Waals surface area contributed by atoms with Crippen molar-refractivity contribution in [1.29, 1.82) is 0 Å². The number of nitrogens with two attached hydrogens (primary N) is 1. The highest BCUT2D eigenvalue weighted by atomic mass is 19.4. The van der Waals surface area contributed by atoms with Gasteiger partial charge in [-0.25, -0.2) is 9.97 Å². The molecule has 1 heterocycles. The predicted octanol–water partition coefficient (Wildman–Crippen LogP) is 6.38. The zero-order chi connectivity index (χ0) is 27.0. The van der Waals surface area contributed by atoms with Gasteiger partial charge in [0.1, 0.15) is 12.1 Å². The van der Waals surface area contributed by atoms with E-state index in [2.05, 4.69) is 15.3 Å². The van der Waals surface area contributed by atoms with Gasteiger partial charge in [-0.2, -0.15) is 26.3 Å². The van der Waals surface area contributed by atoms with E-state index in [1.54, 1.807) is 12.1 Å². The average molecular weight is 522 g/mol. The van der Waals surface area contributed by atoms with E-state index < -0.39 is 28.9 Å². The number of nitrogens with one attached hydrogen (secondary N) is 1. The van der Waals surface area contributed by atoms with Crippen LogP contribution in [0.2, 0.25) is 0 Å². The molecule has 0 fully saturated rings. The highest BCUT2D eigenvalue weighted by molar-refractivity contribution is 5.93. The fraction of sp³-hybridized carbons (Fsp3) is 0.200. The Kier molecular flexibility index (Phi) is 6.53. The maximum Gasteiger partial charge on any atom is 0.411 e. The minimum absolute atomic E-state index is 0.198. The maximum atomic E-state index is 14.3. The van der Waals surface area contributed by atoms with E-state index in [1.165, 1.54) is 26.6 Å². The van der Waals surface area contributed by atoms with Crippen molar-refractivity contribution in [2.45, 2.75) is 17.8 Å². The molecule has 4 aromatic rings. The van der Waals surface area contributed by atoms with Crippen molar-refractivity contribution in [2.24, 2.45) is 0 Å². The van der Waals surface area contributed by atoms with Crippen LogP contribution in [0, 0.1) is 0 Å². The number of fused-ring (bicyclic) bond motifs is 1. The van der Waals surface area contributed by atoms with Gasteiger partial charge < -0.3 is 20.5 Å². The summed E-state index contributed by atoms with van der Waals surface area (Å²) in [7, 11) is 2.89. The highest BCUT2D eigenvalue weighted by Gasteiger charge is 2.72. The molecule has 0 aliphatic rings. The topological polar surface area (TPSA) is 82.3 Å². The number of hydrogen-bond acceptors (Lipinski definition) is 6. The van der Waals surface area contributed by atoms with Crippen LogP contribution in [0.3, 0.4) is 0 Å². The quantitative estimate of drug-likeness (QED) is 0.226. The molecule has 0 amide bonds. The summed E-state index contributed by atoms with van der Waals surface area (Å²) in [6.07, 6.45) is -10.2. The SMILES string of the molecule is COc1cc2ncnc(Nc3ccc(C(c4cccc(N)c4)(C(F)(F)F)C(F)(F)F)cc3)c2cc1OC. The van der Waals surface area contributed by atoms with Crippen molar-refractivity contribution in [1.82, 2.24) is 9.97 Å². The molecule has 0 atom stereocenters. The first kappa shape index (κ1) is 25.9. The molecular weight excluding hydrogens is 502 g/mol. The third kappa shape index (κ3) is 4.43. The second kappa shape index (κ2) is 9.34. The van der Waals surface area contributed by atoms with E-state index >= 15 is 0 Å². The molecule has 1 aromatic heterocycles. The van der Waals surface area contributed by atoms with E-state index in [1.807, 2.05) is 0 Å². The van der Waals surface area contributed by atoms with Gasteiger partial charge in [-0.05, 0) is 41.5 Å². The number of nitrogen functional groups attached to an aromatic ring is 1. The van der Waals surface area contributed by atoms with Crippen LogP contribution >= 0.6 is 0 Å². The lowest BCUT2D eigenvalue weighted by atomic mass is 9.72. The van der Waals surface area contributed by atoms with Crippen molar-refractivity contribution in [3.63, 3.8) is 0 Å².